The Morgan fingerprint density at radius 1 is 1.32 bits per heavy atom. The third-order valence-corrected chi connectivity index (χ3v) is 3.14. The molecule has 0 spiro atoms. The maximum absolute atomic E-state index is 13.2. The van der Waals surface area contributed by atoms with E-state index in [9.17, 15) is 22.4 Å². The van der Waals surface area contributed by atoms with Crippen LogP contribution in [-0.4, -0.2) is 11.9 Å². The zero-order valence-corrected chi connectivity index (χ0v) is 10.4. The highest BCUT2D eigenvalue weighted by molar-refractivity contribution is 6.30. The average molecular weight is 296 g/mol. The van der Waals surface area contributed by atoms with Gasteiger partial charge in [0.1, 0.15) is 11.2 Å². The van der Waals surface area contributed by atoms with Crippen molar-refractivity contribution >= 4 is 17.5 Å². The lowest BCUT2D eigenvalue weighted by atomic mass is 10.1. The van der Waals surface area contributed by atoms with E-state index >= 15 is 0 Å². The molecule has 0 heterocycles. The Labute approximate surface area is 111 Å². The van der Waals surface area contributed by atoms with Gasteiger partial charge in [0.05, 0.1) is 5.56 Å². The van der Waals surface area contributed by atoms with Crippen LogP contribution in [0.5, 0.6) is 0 Å². The summed E-state index contributed by atoms with van der Waals surface area (Å²) in [5, 5.41) is 1.22. The number of benzene rings is 1. The molecule has 1 unspecified atom stereocenters. The molecule has 1 aromatic carbocycles. The fourth-order valence-electron chi connectivity index (χ4n) is 1.58. The Morgan fingerprint density at radius 3 is 2.47 bits per heavy atom. The molecule has 0 aromatic heterocycles. The van der Waals surface area contributed by atoms with Crippen molar-refractivity contribution in [2.45, 2.75) is 30.4 Å². The Kier molecular flexibility index (Phi) is 3.71. The highest BCUT2D eigenvalue weighted by Gasteiger charge is 2.33. The number of amides is 1. The normalized spacial score (nSPS) is 17.1. The van der Waals surface area contributed by atoms with Crippen molar-refractivity contribution in [3.8, 4) is 0 Å². The molecular formula is C12H10ClF4NO. The maximum Gasteiger partial charge on any atom is 0.416 e. The van der Waals surface area contributed by atoms with Crippen molar-refractivity contribution in [1.82, 2.24) is 5.32 Å². The molecule has 2 rings (SSSR count). The van der Waals surface area contributed by atoms with Crippen LogP contribution in [0.4, 0.5) is 17.6 Å². The quantitative estimate of drug-likeness (QED) is 0.672. The summed E-state index contributed by atoms with van der Waals surface area (Å²) >= 11 is 5.78. The van der Waals surface area contributed by atoms with Gasteiger partial charge in [0, 0.05) is 6.04 Å². The second-order valence-corrected chi connectivity index (χ2v) is 4.85. The lowest BCUT2D eigenvalue weighted by molar-refractivity contribution is -0.138. The molecule has 7 heteroatoms. The smallest absolute Gasteiger partial charge is 0.352 e. The summed E-state index contributed by atoms with van der Waals surface area (Å²) in [5.74, 6) is -1.68. The lowest BCUT2D eigenvalue weighted by Gasteiger charge is -2.13. The number of carbonyl (C=O) groups is 1. The van der Waals surface area contributed by atoms with Gasteiger partial charge < -0.3 is 5.32 Å². The number of carbonyl (C=O) groups excluding carboxylic acids is 1. The van der Waals surface area contributed by atoms with Crippen molar-refractivity contribution in [3.63, 3.8) is 0 Å². The van der Waals surface area contributed by atoms with Gasteiger partial charge in [-0.1, -0.05) is 0 Å². The standard InChI is InChI=1S/C12H10ClF4NO/c13-10(11(19)18-9-1-2-9)6-3-7(12(15,16)17)5-8(14)4-6/h3-5,9-10H,1-2H2,(H,18,19). The molecule has 19 heavy (non-hydrogen) atoms. The summed E-state index contributed by atoms with van der Waals surface area (Å²) < 4.78 is 50.7. The molecule has 1 fully saturated rings. The third kappa shape index (κ3) is 3.59. The monoisotopic (exact) mass is 295 g/mol. The van der Waals surface area contributed by atoms with Gasteiger partial charge >= 0.3 is 6.18 Å². The SMILES string of the molecule is O=C(NC1CC1)C(Cl)c1cc(F)cc(C(F)(F)F)c1. The predicted octanol–water partition coefficient (Wildman–Crippen LogP) is 3.40. The molecule has 1 N–H and O–H groups in total. The lowest BCUT2D eigenvalue weighted by Crippen LogP contribution is -2.29. The van der Waals surface area contributed by atoms with Crippen LogP contribution in [0, 0.1) is 5.82 Å². The number of nitrogens with one attached hydrogen (secondary N) is 1. The molecule has 1 saturated carbocycles. The molecule has 0 bridgehead atoms. The average Bonchev–Trinajstić information content (AvgIpc) is 3.09. The van der Waals surface area contributed by atoms with E-state index in [0.717, 1.165) is 18.9 Å². The van der Waals surface area contributed by atoms with Crippen LogP contribution in [0.15, 0.2) is 18.2 Å². The molecule has 104 valence electrons. The minimum absolute atomic E-state index is 0.0318. The predicted molar refractivity (Wildman–Crippen MR) is 61.2 cm³/mol. The molecule has 1 amide bonds. The fourth-order valence-corrected chi connectivity index (χ4v) is 1.76. The Balaban J connectivity index is 2.22. The number of rotatable bonds is 3. The number of hydrogen-bond donors (Lipinski definition) is 1. The van der Waals surface area contributed by atoms with E-state index in [1.54, 1.807) is 0 Å². The number of hydrogen-bond acceptors (Lipinski definition) is 1. The third-order valence-electron chi connectivity index (χ3n) is 2.69. The van der Waals surface area contributed by atoms with E-state index in [0.29, 0.717) is 12.1 Å². The fraction of sp³-hybridized carbons (Fsp3) is 0.417. The molecule has 0 saturated heterocycles. The van der Waals surface area contributed by atoms with Gasteiger partial charge in [0.15, 0.2) is 0 Å². The maximum atomic E-state index is 13.2. The summed E-state index contributed by atoms with van der Waals surface area (Å²) in [6.07, 6.45) is -3.03. The van der Waals surface area contributed by atoms with Crippen LogP contribution >= 0.6 is 11.6 Å². The second-order valence-electron chi connectivity index (χ2n) is 4.42. The Bertz CT molecular complexity index is 499. The zero-order chi connectivity index (χ0) is 14.2. The zero-order valence-electron chi connectivity index (χ0n) is 9.60. The van der Waals surface area contributed by atoms with Gasteiger partial charge in [-0.25, -0.2) is 4.39 Å². The van der Waals surface area contributed by atoms with E-state index in [1.807, 2.05) is 0 Å². The van der Waals surface area contributed by atoms with Gasteiger partial charge in [0.2, 0.25) is 5.91 Å². The van der Waals surface area contributed by atoms with Gasteiger partial charge in [-0.05, 0) is 36.6 Å². The molecule has 0 radical (unpaired) electrons. The minimum atomic E-state index is -4.68. The van der Waals surface area contributed by atoms with Gasteiger partial charge in [-0.15, -0.1) is 11.6 Å². The summed E-state index contributed by atoms with van der Waals surface area (Å²) in [7, 11) is 0. The van der Waals surface area contributed by atoms with Crippen molar-refractivity contribution in [1.29, 1.82) is 0 Å². The van der Waals surface area contributed by atoms with Crippen LogP contribution in [0.1, 0.15) is 29.3 Å². The van der Waals surface area contributed by atoms with Gasteiger partial charge in [0.25, 0.3) is 0 Å². The van der Waals surface area contributed by atoms with Gasteiger partial charge in [-0.2, -0.15) is 13.2 Å². The van der Waals surface area contributed by atoms with Crippen LogP contribution in [0.3, 0.4) is 0 Å². The van der Waals surface area contributed by atoms with Crippen molar-refractivity contribution in [3.05, 3.63) is 35.1 Å². The summed E-state index contributed by atoms with van der Waals surface area (Å²) in [6, 6.07) is 1.92. The van der Waals surface area contributed by atoms with E-state index in [1.165, 1.54) is 0 Å². The second kappa shape index (κ2) is 5.00. The number of alkyl halides is 4. The molecule has 1 aromatic rings. The topological polar surface area (TPSA) is 29.1 Å². The van der Waals surface area contributed by atoms with Crippen LogP contribution < -0.4 is 5.32 Å². The van der Waals surface area contributed by atoms with E-state index in [-0.39, 0.29) is 11.6 Å². The first kappa shape index (κ1) is 14.1. The van der Waals surface area contributed by atoms with E-state index < -0.39 is 28.8 Å². The largest absolute Gasteiger partial charge is 0.416 e. The Morgan fingerprint density at radius 2 is 1.95 bits per heavy atom. The van der Waals surface area contributed by atoms with Gasteiger partial charge in [-0.3, -0.25) is 4.79 Å². The van der Waals surface area contributed by atoms with Crippen LogP contribution in [0.2, 0.25) is 0 Å². The van der Waals surface area contributed by atoms with Crippen molar-refractivity contribution < 1.29 is 22.4 Å². The Hall–Kier alpha value is -1.30. The van der Waals surface area contributed by atoms with Crippen molar-refractivity contribution in [2.24, 2.45) is 0 Å². The van der Waals surface area contributed by atoms with Crippen LogP contribution in [0.25, 0.3) is 0 Å². The first-order valence-corrected chi connectivity index (χ1v) is 6.03. The van der Waals surface area contributed by atoms with E-state index in [2.05, 4.69) is 5.32 Å². The van der Waals surface area contributed by atoms with E-state index in [4.69, 9.17) is 11.6 Å². The molecule has 1 atom stereocenters. The summed E-state index contributed by atoms with van der Waals surface area (Å²) in [5.41, 5.74) is -1.36. The van der Waals surface area contributed by atoms with Crippen molar-refractivity contribution in [2.75, 3.05) is 0 Å². The molecule has 1 aliphatic rings. The molecule has 2 nitrogen and oxygen atoms in total. The first-order chi connectivity index (χ1) is 8.77. The first-order valence-electron chi connectivity index (χ1n) is 5.59. The summed E-state index contributed by atoms with van der Waals surface area (Å²) in [4.78, 5) is 11.6. The highest BCUT2D eigenvalue weighted by atomic mass is 35.5. The molecule has 0 aliphatic heterocycles. The number of halogens is 5. The molecular weight excluding hydrogens is 286 g/mol. The highest BCUT2D eigenvalue weighted by Crippen LogP contribution is 2.33. The molecule has 1 aliphatic carbocycles. The summed E-state index contributed by atoms with van der Waals surface area (Å²) in [6.45, 7) is 0. The van der Waals surface area contributed by atoms with Crippen LogP contribution in [-0.2, 0) is 11.0 Å². The minimum Gasteiger partial charge on any atom is -0.352 e.